The Morgan fingerprint density at radius 3 is 2.17 bits per heavy atom. The molecule has 4 rings (SSSR count). The predicted octanol–water partition coefficient (Wildman–Crippen LogP) is 6.84. The van der Waals surface area contributed by atoms with Crippen LogP contribution in [0.25, 0.3) is 0 Å². The minimum atomic E-state index is -0.672. The van der Waals surface area contributed by atoms with Gasteiger partial charge < -0.3 is 4.74 Å². The highest BCUT2D eigenvalue weighted by Crippen LogP contribution is 2.49. The lowest BCUT2D eigenvalue weighted by Gasteiger charge is -2.17. The number of ether oxygens (including phenoxy) is 1. The van der Waals surface area contributed by atoms with E-state index in [1.807, 2.05) is 41.7 Å². The summed E-state index contributed by atoms with van der Waals surface area (Å²) in [6.45, 7) is 4.29. The summed E-state index contributed by atoms with van der Waals surface area (Å²) >= 11 is 3.66. The van der Waals surface area contributed by atoms with Crippen molar-refractivity contribution in [1.82, 2.24) is 0 Å². The number of benzene rings is 3. The molecule has 3 aromatic rings. The van der Waals surface area contributed by atoms with Gasteiger partial charge in [0.15, 0.2) is 0 Å². The summed E-state index contributed by atoms with van der Waals surface area (Å²) in [4.78, 5) is 12.5. The summed E-state index contributed by atoms with van der Waals surface area (Å²) in [5.74, 6) is 1.06. The third kappa shape index (κ3) is 4.36. The lowest BCUT2D eigenvalue weighted by molar-refractivity contribution is 0.0728. The van der Waals surface area contributed by atoms with Crippen LogP contribution >= 0.6 is 23.5 Å². The van der Waals surface area contributed by atoms with Gasteiger partial charge in [0.25, 0.3) is 0 Å². The number of esters is 1. The fraction of sp³-hybridized carbons (Fsp3) is 0.208. The van der Waals surface area contributed by atoms with Crippen molar-refractivity contribution in [3.63, 3.8) is 0 Å². The molecule has 3 aromatic carbocycles. The Balaban J connectivity index is 1.57. The summed E-state index contributed by atoms with van der Waals surface area (Å²) in [6, 6.07) is 18.0. The van der Waals surface area contributed by atoms with E-state index in [-0.39, 0.29) is 10.1 Å². The maximum Gasteiger partial charge on any atom is 0.346 e. The minimum absolute atomic E-state index is 0.0539. The summed E-state index contributed by atoms with van der Waals surface area (Å²) in [5, 5.41) is 0. The van der Waals surface area contributed by atoms with Crippen molar-refractivity contribution in [2.45, 2.75) is 29.9 Å². The zero-order valence-electron chi connectivity index (χ0n) is 16.3. The Hall–Kier alpha value is -2.24. The molecule has 0 radical (unpaired) electrons. The van der Waals surface area contributed by atoms with Gasteiger partial charge in [-0.15, -0.1) is 23.5 Å². The first-order valence-electron chi connectivity index (χ1n) is 9.41. The number of rotatable bonds is 3. The van der Waals surface area contributed by atoms with Crippen molar-refractivity contribution in [2.75, 3.05) is 0 Å². The molecule has 0 amide bonds. The summed E-state index contributed by atoms with van der Waals surface area (Å²) in [6.07, 6.45) is 0. The van der Waals surface area contributed by atoms with E-state index in [0.717, 1.165) is 17.1 Å². The number of carbonyl (C=O) groups excluding carboxylic acids is 1. The summed E-state index contributed by atoms with van der Waals surface area (Å²) in [7, 11) is 0. The van der Waals surface area contributed by atoms with Gasteiger partial charge in [-0.05, 0) is 54.3 Å². The van der Waals surface area contributed by atoms with Gasteiger partial charge in [-0.1, -0.05) is 42.5 Å². The molecule has 1 aliphatic heterocycles. The van der Waals surface area contributed by atoms with Crippen molar-refractivity contribution < 1.29 is 13.9 Å². The van der Waals surface area contributed by atoms with Crippen LogP contribution in [0.2, 0.25) is 0 Å². The van der Waals surface area contributed by atoms with Crippen LogP contribution in [-0.2, 0) is 11.5 Å². The van der Waals surface area contributed by atoms with Gasteiger partial charge in [-0.3, -0.25) is 0 Å². The molecule has 0 fully saturated rings. The van der Waals surface area contributed by atoms with E-state index in [1.54, 1.807) is 18.2 Å². The topological polar surface area (TPSA) is 26.3 Å². The number of hydrogen-bond acceptors (Lipinski definition) is 4. The molecule has 0 aliphatic carbocycles. The number of para-hydroxylation sites is 1. The average molecular weight is 425 g/mol. The van der Waals surface area contributed by atoms with E-state index in [4.69, 9.17) is 4.74 Å². The van der Waals surface area contributed by atoms with Gasteiger partial charge in [-0.25, -0.2) is 9.18 Å². The molecule has 0 saturated carbocycles. The Labute approximate surface area is 178 Å². The van der Waals surface area contributed by atoms with Gasteiger partial charge >= 0.3 is 5.97 Å². The molecule has 1 heterocycles. The monoisotopic (exact) mass is 424 g/mol. The van der Waals surface area contributed by atoms with Gasteiger partial charge in [0.05, 0.1) is 10.1 Å². The molecule has 2 nitrogen and oxygen atoms in total. The molecule has 0 spiro atoms. The summed E-state index contributed by atoms with van der Waals surface area (Å²) in [5.41, 5.74) is 6.26. The van der Waals surface area contributed by atoms with Crippen LogP contribution in [-0.4, -0.2) is 5.97 Å². The molecular formula is C24H21FO2S2. The normalized spacial score (nSPS) is 14.2. The van der Waals surface area contributed by atoms with E-state index < -0.39 is 11.8 Å². The second kappa shape index (κ2) is 8.64. The van der Waals surface area contributed by atoms with Gasteiger partial charge in [0.2, 0.25) is 0 Å². The number of hydrogen-bond donors (Lipinski definition) is 0. The smallest absolute Gasteiger partial charge is 0.346 e. The van der Waals surface area contributed by atoms with Crippen LogP contribution in [0.1, 0.15) is 42.8 Å². The van der Waals surface area contributed by atoms with Crippen LogP contribution in [0, 0.1) is 19.7 Å². The second-order valence-corrected chi connectivity index (χ2v) is 9.55. The van der Waals surface area contributed by atoms with E-state index in [9.17, 15) is 9.18 Å². The molecular weight excluding hydrogens is 403 g/mol. The third-order valence-corrected chi connectivity index (χ3v) is 7.95. The Morgan fingerprint density at radius 2 is 1.52 bits per heavy atom. The molecule has 0 N–H and O–H groups in total. The molecule has 148 valence electrons. The highest BCUT2D eigenvalue weighted by Gasteiger charge is 2.24. The fourth-order valence-corrected chi connectivity index (χ4v) is 6.05. The molecule has 1 aliphatic rings. The lowest BCUT2D eigenvalue weighted by Crippen LogP contribution is -2.12. The molecule has 0 unspecified atom stereocenters. The van der Waals surface area contributed by atoms with Crippen LogP contribution in [0.5, 0.6) is 5.75 Å². The Kier molecular flexibility index (Phi) is 5.97. The number of aryl methyl sites for hydroxylation is 2. The van der Waals surface area contributed by atoms with E-state index in [2.05, 4.69) is 26.0 Å². The SMILES string of the molecule is Cc1cc2c(cc1C)CSC(c1ccccc1OC(=O)c1ccccc1F)SC2. The van der Waals surface area contributed by atoms with Crippen molar-refractivity contribution in [2.24, 2.45) is 0 Å². The van der Waals surface area contributed by atoms with E-state index >= 15 is 0 Å². The lowest BCUT2D eigenvalue weighted by atomic mass is 10.0. The van der Waals surface area contributed by atoms with Crippen LogP contribution in [0.15, 0.2) is 60.7 Å². The third-order valence-electron chi connectivity index (χ3n) is 5.07. The Bertz CT molecular complexity index is 1030. The highest BCUT2D eigenvalue weighted by molar-refractivity contribution is 8.15. The van der Waals surface area contributed by atoms with Gasteiger partial charge in [0.1, 0.15) is 11.6 Å². The van der Waals surface area contributed by atoms with Crippen molar-refractivity contribution in [3.8, 4) is 5.75 Å². The average Bonchev–Trinajstić information content (AvgIpc) is 2.91. The fourth-order valence-electron chi connectivity index (χ4n) is 3.31. The van der Waals surface area contributed by atoms with Crippen LogP contribution in [0.3, 0.4) is 0 Å². The van der Waals surface area contributed by atoms with Gasteiger partial charge in [0, 0.05) is 17.1 Å². The maximum atomic E-state index is 14.0. The maximum absolute atomic E-state index is 14.0. The zero-order valence-corrected chi connectivity index (χ0v) is 17.9. The van der Waals surface area contributed by atoms with Crippen molar-refractivity contribution >= 4 is 29.5 Å². The van der Waals surface area contributed by atoms with E-state index in [1.165, 1.54) is 34.4 Å². The van der Waals surface area contributed by atoms with Gasteiger partial charge in [-0.2, -0.15) is 0 Å². The number of fused-ring (bicyclic) bond motifs is 1. The Morgan fingerprint density at radius 1 is 0.931 bits per heavy atom. The van der Waals surface area contributed by atoms with Crippen molar-refractivity contribution in [3.05, 3.63) is 99.9 Å². The number of carbonyl (C=O) groups is 1. The van der Waals surface area contributed by atoms with Crippen molar-refractivity contribution in [1.29, 1.82) is 0 Å². The largest absolute Gasteiger partial charge is 0.422 e. The first kappa shape index (κ1) is 20.0. The predicted molar refractivity (Wildman–Crippen MR) is 119 cm³/mol. The number of halogens is 1. The zero-order chi connectivity index (χ0) is 20.4. The first-order valence-corrected chi connectivity index (χ1v) is 11.5. The number of thioether (sulfide) groups is 2. The minimum Gasteiger partial charge on any atom is -0.422 e. The van der Waals surface area contributed by atoms with E-state index in [0.29, 0.717) is 5.75 Å². The summed E-state index contributed by atoms with van der Waals surface area (Å²) < 4.78 is 19.7. The molecule has 5 heteroatoms. The molecule has 29 heavy (non-hydrogen) atoms. The molecule has 0 bridgehead atoms. The first-order chi connectivity index (χ1) is 14.0. The highest BCUT2D eigenvalue weighted by atomic mass is 32.2. The van der Waals surface area contributed by atoms with Crippen LogP contribution in [0.4, 0.5) is 4.39 Å². The standard InChI is InChI=1S/C24H21FO2S2/c1-15-11-17-13-28-24(29-14-18(17)12-16(15)2)20-8-4-6-10-22(20)27-23(26)19-7-3-5-9-21(19)25/h3-12,24H,13-14H2,1-2H3. The molecule has 0 aromatic heterocycles. The second-order valence-electron chi connectivity index (χ2n) is 7.07. The van der Waals surface area contributed by atoms with Crippen LogP contribution < -0.4 is 4.74 Å². The quantitative estimate of drug-likeness (QED) is 0.340. The molecule has 0 atom stereocenters. The molecule has 0 saturated heterocycles.